The van der Waals surface area contributed by atoms with Crippen molar-refractivity contribution in [2.24, 2.45) is 7.05 Å². The second kappa shape index (κ2) is 8.56. The Morgan fingerprint density at radius 1 is 1.31 bits per heavy atom. The van der Waals surface area contributed by atoms with Gasteiger partial charge in [-0.15, -0.1) is 0 Å². The number of sulfonamides is 1. The molecule has 0 bridgehead atoms. The zero-order valence-corrected chi connectivity index (χ0v) is 17.7. The van der Waals surface area contributed by atoms with Crippen LogP contribution < -0.4 is 5.32 Å². The quantitative estimate of drug-likeness (QED) is 0.698. The third-order valence-corrected chi connectivity index (χ3v) is 6.78. The van der Waals surface area contributed by atoms with Crippen molar-refractivity contribution in [3.05, 3.63) is 47.2 Å². The summed E-state index contributed by atoms with van der Waals surface area (Å²) in [5.41, 5.74) is 0.626. The second-order valence-electron chi connectivity index (χ2n) is 6.67. The first-order valence-corrected chi connectivity index (χ1v) is 11.0. The largest absolute Gasteiger partial charge is 0.461 e. The number of esters is 1. The van der Waals surface area contributed by atoms with Gasteiger partial charge in [-0.1, -0.05) is 17.7 Å². The minimum atomic E-state index is -3.97. The molecule has 0 saturated carbocycles. The van der Waals surface area contributed by atoms with Crippen LogP contribution in [0.5, 0.6) is 0 Å². The number of benzene rings is 1. The van der Waals surface area contributed by atoms with E-state index in [2.05, 4.69) is 5.32 Å². The van der Waals surface area contributed by atoms with Crippen LogP contribution in [0.3, 0.4) is 0 Å². The second-order valence-corrected chi connectivity index (χ2v) is 8.99. The summed E-state index contributed by atoms with van der Waals surface area (Å²) in [7, 11) is -2.40. The van der Waals surface area contributed by atoms with Crippen molar-refractivity contribution in [1.82, 2.24) is 8.87 Å². The highest BCUT2D eigenvalue weighted by Crippen LogP contribution is 2.28. The molecular formula is C19H22ClN3O5S. The first kappa shape index (κ1) is 21.4. The number of carbonyl (C=O) groups is 2. The first-order valence-electron chi connectivity index (χ1n) is 9.15. The smallest absolute Gasteiger partial charge is 0.354 e. The average Bonchev–Trinajstić information content (AvgIpc) is 3.29. The molecule has 1 aromatic heterocycles. The number of ether oxygens (including phenoxy) is 1. The number of rotatable bonds is 6. The minimum absolute atomic E-state index is 0.0505. The summed E-state index contributed by atoms with van der Waals surface area (Å²) >= 11 is 5.94. The van der Waals surface area contributed by atoms with Gasteiger partial charge in [-0.2, -0.15) is 4.31 Å². The van der Waals surface area contributed by atoms with Gasteiger partial charge in [-0.05, 0) is 44.0 Å². The number of nitrogens with zero attached hydrogens (tertiary/aromatic N) is 2. The summed E-state index contributed by atoms with van der Waals surface area (Å²) < 4.78 is 33.9. The van der Waals surface area contributed by atoms with Crippen LogP contribution in [-0.2, 0) is 26.6 Å². The van der Waals surface area contributed by atoms with Crippen LogP contribution in [0.1, 0.15) is 30.3 Å². The van der Waals surface area contributed by atoms with Crippen molar-refractivity contribution >= 4 is 39.2 Å². The molecule has 1 amide bonds. The predicted octanol–water partition coefficient (Wildman–Crippen LogP) is 2.65. The maximum Gasteiger partial charge on any atom is 0.354 e. The van der Waals surface area contributed by atoms with Gasteiger partial charge in [-0.25, -0.2) is 13.2 Å². The number of halogens is 1. The normalized spacial score (nSPS) is 17.3. The monoisotopic (exact) mass is 439 g/mol. The molecule has 156 valence electrons. The molecule has 1 saturated heterocycles. The first-order chi connectivity index (χ1) is 13.7. The van der Waals surface area contributed by atoms with Crippen LogP contribution >= 0.6 is 11.6 Å². The number of aryl methyl sites for hydroxylation is 1. The van der Waals surface area contributed by atoms with Gasteiger partial charge >= 0.3 is 5.97 Å². The lowest BCUT2D eigenvalue weighted by molar-refractivity contribution is -0.119. The van der Waals surface area contributed by atoms with Crippen molar-refractivity contribution in [3.8, 4) is 0 Å². The van der Waals surface area contributed by atoms with E-state index >= 15 is 0 Å². The number of carbonyl (C=O) groups excluding carboxylic acids is 2. The number of aromatic nitrogens is 1. The van der Waals surface area contributed by atoms with Gasteiger partial charge in [0, 0.05) is 30.5 Å². The summed E-state index contributed by atoms with van der Waals surface area (Å²) in [6.45, 7) is 2.08. The van der Waals surface area contributed by atoms with Gasteiger partial charge in [0.05, 0.1) is 6.61 Å². The summed E-state index contributed by atoms with van der Waals surface area (Å²) in [5, 5.41) is 3.19. The Balaban J connectivity index is 1.83. The van der Waals surface area contributed by atoms with Crippen LogP contribution in [0, 0.1) is 0 Å². The van der Waals surface area contributed by atoms with Crippen molar-refractivity contribution in [1.29, 1.82) is 0 Å². The molecule has 1 aromatic carbocycles. The molecular weight excluding hydrogens is 418 g/mol. The van der Waals surface area contributed by atoms with Crippen molar-refractivity contribution < 1.29 is 22.7 Å². The van der Waals surface area contributed by atoms with E-state index in [1.807, 2.05) is 0 Å². The topological polar surface area (TPSA) is 97.7 Å². The third-order valence-electron chi connectivity index (χ3n) is 4.67. The number of anilines is 1. The van der Waals surface area contributed by atoms with E-state index in [4.69, 9.17) is 16.3 Å². The Hall–Kier alpha value is -2.36. The highest BCUT2D eigenvalue weighted by atomic mass is 35.5. The van der Waals surface area contributed by atoms with Gasteiger partial charge in [0.2, 0.25) is 15.9 Å². The van der Waals surface area contributed by atoms with E-state index < -0.39 is 27.9 Å². The Labute approximate surface area is 174 Å². The molecule has 1 fully saturated rings. The maximum atomic E-state index is 13.2. The summed E-state index contributed by atoms with van der Waals surface area (Å²) in [6.07, 6.45) is 2.32. The van der Waals surface area contributed by atoms with E-state index in [-0.39, 0.29) is 23.7 Å². The number of hydrogen-bond acceptors (Lipinski definition) is 5. The van der Waals surface area contributed by atoms with Gasteiger partial charge in [0.15, 0.2) is 0 Å². The molecule has 1 aliphatic rings. The Morgan fingerprint density at radius 2 is 2.07 bits per heavy atom. The molecule has 0 radical (unpaired) electrons. The van der Waals surface area contributed by atoms with Crippen LogP contribution in [0.2, 0.25) is 5.02 Å². The van der Waals surface area contributed by atoms with Crippen LogP contribution in [0.4, 0.5) is 5.69 Å². The highest BCUT2D eigenvalue weighted by molar-refractivity contribution is 7.89. The van der Waals surface area contributed by atoms with Crippen molar-refractivity contribution in [2.75, 3.05) is 18.5 Å². The molecule has 2 heterocycles. The van der Waals surface area contributed by atoms with Crippen LogP contribution in [0.25, 0.3) is 0 Å². The van der Waals surface area contributed by atoms with Gasteiger partial charge in [0.25, 0.3) is 0 Å². The average molecular weight is 440 g/mol. The Morgan fingerprint density at radius 3 is 2.76 bits per heavy atom. The Bertz CT molecular complexity index is 1030. The zero-order valence-electron chi connectivity index (χ0n) is 16.1. The maximum absolute atomic E-state index is 13.2. The molecule has 1 aliphatic heterocycles. The third kappa shape index (κ3) is 4.47. The SMILES string of the molecule is CCOC(=O)c1cc(S(=O)(=O)N2CCCC2C(=O)Nc2cccc(Cl)c2)cn1C. The summed E-state index contributed by atoms with van der Waals surface area (Å²) in [6, 6.07) is 7.08. The number of nitrogens with one attached hydrogen (secondary N) is 1. The molecule has 0 spiro atoms. The molecule has 1 unspecified atom stereocenters. The predicted molar refractivity (Wildman–Crippen MR) is 108 cm³/mol. The van der Waals surface area contributed by atoms with Crippen LogP contribution in [0.15, 0.2) is 41.4 Å². The van der Waals surface area contributed by atoms with Crippen LogP contribution in [-0.4, -0.2) is 48.4 Å². The van der Waals surface area contributed by atoms with Gasteiger partial charge < -0.3 is 14.6 Å². The zero-order chi connectivity index (χ0) is 21.2. The number of hydrogen-bond donors (Lipinski definition) is 1. The Kier molecular flexibility index (Phi) is 6.30. The lowest BCUT2D eigenvalue weighted by atomic mass is 10.2. The summed E-state index contributed by atoms with van der Waals surface area (Å²) in [4.78, 5) is 24.7. The van der Waals surface area contributed by atoms with E-state index in [0.29, 0.717) is 23.6 Å². The van der Waals surface area contributed by atoms with E-state index in [1.54, 1.807) is 38.2 Å². The molecule has 1 N–H and O–H groups in total. The van der Waals surface area contributed by atoms with E-state index in [0.717, 1.165) is 0 Å². The van der Waals surface area contributed by atoms with Crippen molar-refractivity contribution in [2.45, 2.75) is 30.7 Å². The molecule has 8 nitrogen and oxygen atoms in total. The molecule has 0 aliphatic carbocycles. The standard InChI is InChI=1S/C19H22ClN3O5S/c1-3-28-19(25)17-11-15(12-22(17)2)29(26,27)23-9-5-8-16(23)18(24)21-14-7-4-6-13(20)10-14/h4,6-7,10-12,16H,3,5,8-9H2,1-2H3,(H,21,24). The fraction of sp³-hybridized carbons (Fsp3) is 0.368. The summed E-state index contributed by atoms with van der Waals surface area (Å²) in [5.74, 6) is -1.02. The molecule has 3 rings (SSSR count). The molecule has 29 heavy (non-hydrogen) atoms. The van der Waals surface area contributed by atoms with Gasteiger partial charge in [0.1, 0.15) is 16.6 Å². The number of amides is 1. The van der Waals surface area contributed by atoms with E-state index in [1.165, 1.54) is 21.1 Å². The fourth-order valence-electron chi connectivity index (χ4n) is 3.30. The molecule has 2 aromatic rings. The minimum Gasteiger partial charge on any atom is -0.461 e. The molecule has 1 atom stereocenters. The lowest BCUT2D eigenvalue weighted by Gasteiger charge is -2.23. The lowest BCUT2D eigenvalue weighted by Crippen LogP contribution is -2.43. The highest BCUT2D eigenvalue weighted by Gasteiger charge is 2.40. The molecule has 10 heteroatoms. The van der Waals surface area contributed by atoms with Crippen molar-refractivity contribution in [3.63, 3.8) is 0 Å². The van der Waals surface area contributed by atoms with E-state index in [9.17, 15) is 18.0 Å². The fourth-order valence-corrected chi connectivity index (χ4v) is 5.22. The van der Waals surface area contributed by atoms with Gasteiger partial charge in [-0.3, -0.25) is 4.79 Å².